The molecule has 3 aromatic heterocycles. The number of benzene rings is 4. The lowest BCUT2D eigenvalue weighted by molar-refractivity contribution is 0.0905. The third-order valence-electron chi connectivity index (χ3n) is 9.53. The van der Waals surface area contributed by atoms with Crippen molar-refractivity contribution in [1.29, 1.82) is 5.26 Å². The molecule has 0 bridgehead atoms. The second kappa shape index (κ2) is 15.7. The highest BCUT2D eigenvalue weighted by molar-refractivity contribution is 7.12. The van der Waals surface area contributed by atoms with E-state index in [1.165, 1.54) is 40.2 Å². The predicted octanol–water partition coefficient (Wildman–Crippen LogP) is 7.36. The smallest absolute Gasteiger partial charge is 0.372 e. The van der Waals surface area contributed by atoms with Crippen LogP contribution in [0.1, 0.15) is 39.2 Å². The number of carbonyl (C=O) groups is 1. The summed E-state index contributed by atoms with van der Waals surface area (Å²) >= 11 is 1.46. The Balaban J connectivity index is 0.000000191. The zero-order valence-electron chi connectivity index (χ0n) is 28.8. The third kappa shape index (κ3) is 7.40. The largest absolute Gasteiger partial charge is 0.422 e. The molecule has 1 aliphatic rings. The van der Waals surface area contributed by atoms with Crippen molar-refractivity contribution < 1.29 is 18.0 Å². The Hall–Kier alpha value is -6.45. The number of aromatic nitrogens is 2. The number of fused-ring (bicyclic) bond motifs is 2. The molecule has 54 heavy (non-hydrogen) atoms. The number of ketones is 1. The van der Waals surface area contributed by atoms with Crippen LogP contribution in [0, 0.1) is 28.9 Å². The van der Waals surface area contributed by atoms with Crippen molar-refractivity contribution in [2.75, 3.05) is 18.0 Å². The Morgan fingerprint density at radius 3 is 1.87 bits per heavy atom. The lowest BCUT2D eigenvalue weighted by Gasteiger charge is -2.34. The SMILES string of the molecule is N#Cc1c(N2CCC(C(=O)c3cccs3)CC2)c2ccccc2n(Cc2ccc(F)cc2)c1=O.O=c1oc(=O)n(Cc2ccc(F)cc2)c2ccccc12. The van der Waals surface area contributed by atoms with Gasteiger partial charge in [0.05, 0.1) is 40.1 Å². The molecule has 0 N–H and O–H groups in total. The van der Waals surface area contributed by atoms with Gasteiger partial charge in [0.25, 0.3) is 5.56 Å². The van der Waals surface area contributed by atoms with Crippen molar-refractivity contribution in [3.63, 3.8) is 0 Å². The first-order chi connectivity index (χ1) is 26.2. The number of rotatable bonds is 7. The highest BCUT2D eigenvalue weighted by atomic mass is 32.1. The van der Waals surface area contributed by atoms with Crippen LogP contribution in [0.3, 0.4) is 0 Å². The number of nitriles is 1. The molecule has 0 atom stereocenters. The molecule has 8 rings (SSSR count). The molecule has 0 spiro atoms. The second-order valence-corrected chi connectivity index (χ2v) is 13.8. The van der Waals surface area contributed by atoms with Gasteiger partial charge in [0.2, 0.25) is 0 Å². The van der Waals surface area contributed by atoms with Gasteiger partial charge in [0.1, 0.15) is 23.3 Å². The molecule has 0 radical (unpaired) electrons. The topological polar surface area (TPSA) is 118 Å². The minimum Gasteiger partial charge on any atom is -0.372 e. The number of piperidine rings is 1. The fraction of sp³-hybridized carbons (Fsp3) is 0.167. The number of pyridine rings is 1. The average molecular weight is 743 g/mol. The summed E-state index contributed by atoms with van der Waals surface area (Å²) < 4.78 is 33.9. The standard InChI is InChI=1S/C27H22FN3O2S.C15H10FNO3/c28-20-9-7-18(8-10-20)17-31-23-5-2-1-4-21(23)25(22(16-29)27(31)33)30-13-11-19(12-14-30)26(32)24-6-3-15-34-24;16-11-7-5-10(6-8-11)9-17-13-4-2-1-3-12(13)14(18)20-15(17)19/h1-10,15,19H,11-14,17H2;1-8H,9H2. The summed E-state index contributed by atoms with van der Waals surface area (Å²) in [5.74, 6) is -1.28. The van der Waals surface area contributed by atoms with Gasteiger partial charge in [-0.3, -0.25) is 14.2 Å². The van der Waals surface area contributed by atoms with Gasteiger partial charge < -0.3 is 13.9 Å². The number of nitrogens with zero attached hydrogens (tertiary/aromatic N) is 4. The first kappa shape index (κ1) is 35.9. The molecular weight excluding hydrogens is 711 g/mol. The lowest BCUT2D eigenvalue weighted by Crippen LogP contribution is -2.38. The van der Waals surface area contributed by atoms with Crippen LogP contribution in [0.15, 0.2) is 133 Å². The summed E-state index contributed by atoms with van der Waals surface area (Å²) in [5, 5.41) is 13.1. The van der Waals surface area contributed by atoms with Crippen molar-refractivity contribution in [3.8, 4) is 6.07 Å². The van der Waals surface area contributed by atoms with E-state index in [0.717, 1.165) is 26.9 Å². The summed E-state index contributed by atoms with van der Waals surface area (Å²) in [6, 6.07) is 32.0. The molecule has 7 aromatic rings. The van der Waals surface area contributed by atoms with Crippen LogP contribution in [0.25, 0.3) is 21.8 Å². The van der Waals surface area contributed by atoms with E-state index in [1.807, 2.05) is 41.8 Å². The number of para-hydroxylation sites is 2. The quantitative estimate of drug-likeness (QED) is 0.157. The number of halogens is 2. The molecule has 1 saturated heterocycles. The Bertz CT molecular complexity index is 2690. The molecule has 4 heterocycles. The Morgan fingerprint density at radius 2 is 1.30 bits per heavy atom. The number of hydrogen-bond donors (Lipinski definition) is 0. The summed E-state index contributed by atoms with van der Waals surface area (Å²) in [5.41, 5.74) is 2.47. The Kier molecular flexibility index (Phi) is 10.4. The van der Waals surface area contributed by atoms with Gasteiger partial charge in [-0.1, -0.05) is 60.7 Å². The fourth-order valence-corrected chi connectivity index (χ4v) is 7.57. The van der Waals surface area contributed by atoms with Crippen LogP contribution in [0.4, 0.5) is 14.5 Å². The first-order valence-corrected chi connectivity index (χ1v) is 18.1. The first-order valence-electron chi connectivity index (χ1n) is 17.2. The molecule has 0 aliphatic carbocycles. The van der Waals surface area contributed by atoms with Crippen molar-refractivity contribution in [1.82, 2.24) is 9.13 Å². The van der Waals surface area contributed by atoms with Gasteiger partial charge in [0, 0.05) is 24.4 Å². The van der Waals surface area contributed by atoms with Gasteiger partial charge in [-0.25, -0.2) is 18.4 Å². The molecule has 0 saturated carbocycles. The minimum absolute atomic E-state index is 0.0504. The van der Waals surface area contributed by atoms with Gasteiger partial charge in [-0.05, 0) is 77.9 Å². The zero-order valence-corrected chi connectivity index (χ0v) is 29.6. The van der Waals surface area contributed by atoms with Crippen LogP contribution < -0.4 is 21.8 Å². The average Bonchev–Trinajstić information content (AvgIpc) is 3.74. The maximum atomic E-state index is 13.5. The molecular formula is C42H32F2N4O5S. The monoisotopic (exact) mass is 742 g/mol. The highest BCUT2D eigenvalue weighted by Gasteiger charge is 2.29. The van der Waals surface area contributed by atoms with Gasteiger partial charge in [-0.15, -0.1) is 11.3 Å². The Morgan fingerprint density at radius 1 is 0.741 bits per heavy atom. The van der Waals surface area contributed by atoms with Crippen LogP contribution in [0.2, 0.25) is 0 Å². The number of anilines is 1. The normalized spacial score (nSPS) is 13.0. The fourth-order valence-electron chi connectivity index (χ4n) is 6.82. The summed E-state index contributed by atoms with van der Waals surface area (Å²) in [6.45, 7) is 1.65. The summed E-state index contributed by atoms with van der Waals surface area (Å²) in [4.78, 5) is 52.6. The Labute approximate surface area is 311 Å². The number of thiophene rings is 1. The van der Waals surface area contributed by atoms with E-state index in [9.17, 15) is 33.2 Å². The van der Waals surface area contributed by atoms with E-state index in [0.29, 0.717) is 42.5 Å². The maximum Gasteiger partial charge on any atom is 0.422 e. The minimum atomic E-state index is -0.724. The van der Waals surface area contributed by atoms with Crippen LogP contribution >= 0.6 is 11.3 Å². The van der Waals surface area contributed by atoms with E-state index >= 15 is 0 Å². The molecule has 4 aromatic carbocycles. The number of Topliss-reactive ketones (excluding diaryl/α,β-unsaturated/α-hetero) is 1. The van der Waals surface area contributed by atoms with E-state index in [4.69, 9.17) is 4.42 Å². The number of carbonyl (C=O) groups excluding carboxylic acids is 1. The third-order valence-corrected chi connectivity index (χ3v) is 10.4. The van der Waals surface area contributed by atoms with Crippen molar-refractivity contribution in [2.45, 2.75) is 25.9 Å². The van der Waals surface area contributed by atoms with E-state index in [1.54, 1.807) is 53.1 Å². The van der Waals surface area contributed by atoms with E-state index in [-0.39, 0.29) is 47.5 Å². The van der Waals surface area contributed by atoms with Crippen LogP contribution in [-0.4, -0.2) is 28.0 Å². The van der Waals surface area contributed by atoms with Crippen molar-refractivity contribution >= 4 is 44.6 Å². The number of hydrogen-bond acceptors (Lipinski definition) is 8. The van der Waals surface area contributed by atoms with Crippen LogP contribution in [-0.2, 0) is 13.1 Å². The zero-order chi connectivity index (χ0) is 37.8. The van der Waals surface area contributed by atoms with Gasteiger partial charge in [0.15, 0.2) is 5.78 Å². The van der Waals surface area contributed by atoms with Crippen molar-refractivity contribution in [3.05, 3.63) is 179 Å². The van der Waals surface area contributed by atoms with Crippen molar-refractivity contribution in [2.24, 2.45) is 5.92 Å². The molecule has 0 unspecified atom stereocenters. The predicted molar refractivity (Wildman–Crippen MR) is 204 cm³/mol. The van der Waals surface area contributed by atoms with Gasteiger partial charge >= 0.3 is 11.4 Å². The molecule has 270 valence electrons. The molecule has 0 amide bonds. The second-order valence-electron chi connectivity index (χ2n) is 12.9. The molecule has 12 heteroatoms. The molecule has 9 nitrogen and oxygen atoms in total. The summed E-state index contributed by atoms with van der Waals surface area (Å²) in [6.07, 6.45) is 1.35. The molecule has 1 aliphatic heterocycles. The van der Waals surface area contributed by atoms with Gasteiger partial charge in [-0.2, -0.15) is 5.26 Å². The maximum absolute atomic E-state index is 13.5. The highest BCUT2D eigenvalue weighted by Crippen LogP contribution is 2.33. The van der Waals surface area contributed by atoms with E-state index in [2.05, 4.69) is 11.0 Å². The summed E-state index contributed by atoms with van der Waals surface area (Å²) in [7, 11) is 0. The van der Waals surface area contributed by atoms with E-state index < -0.39 is 11.4 Å². The van der Waals surface area contributed by atoms with Crippen LogP contribution in [0.5, 0.6) is 0 Å². The lowest BCUT2D eigenvalue weighted by atomic mass is 9.91. The molecule has 1 fully saturated rings.